The molecule has 0 aliphatic carbocycles. The van der Waals surface area contributed by atoms with Crippen LogP contribution in [0.1, 0.15) is 75.6 Å². The quantitative estimate of drug-likeness (QED) is 0.154. The molecular formula is C44H52N4O6. The average Bonchev–Trinajstić information content (AvgIpc) is 3.66. The molecule has 0 unspecified atom stereocenters. The number of ether oxygens (including phenoxy) is 2. The standard InChI is InChI=1S/2C22H26N2O3/c2*1-17(2)24-20(25)13-14-22(24,15-18-9-5-3-6-10-18)23-21(26)27-16-19-11-7-4-8-12-19/h2*3-12,17H,13-16H2,1-2H3,(H,23,26)/t2*22-/m11/s1. The largest absolute Gasteiger partial charge is 0.445 e. The molecule has 10 heteroatoms. The summed E-state index contributed by atoms with van der Waals surface area (Å²) in [6.45, 7) is 8.28. The van der Waals surface area contributed by atoms with Gasteiger partial charge in [-0.25, -0.2) is 9.59 Å². The van der Waals surface area contributed by atoms with E-state index in [-0.39, 0.29) is 37.1 Å². The van der Waals surface area contributed by atoms with Gasteiger partial charge in [-0.15, -0.1) is 0 Å². The molecule has 0 aromatic heterocycles. The number of nitrogens with zero attached hydrogens (tertiary/aromatic N) is 2. The smallest absolute Gasteiger partial charge is 0.409 e. The molecule has 0 bridgehead atoms. The topological polar surface area (TPSA) is 117 Å². The molecule has 2 fully saturated rings. The third-order valence-corrected chi connectivity index (χ3v) is 9.77. The van der Waals surface area contributed by atoms with E-state index in [1.807, 2.05) is 149 Å². The fraction of sp³-hybridized carbons (Fsp3) is 0.364. The zero-order valence-electron chi connectivity index (χ0n) is 31.7. The van der Waals surface area contributed by atoms with Crippen molar-refractivity contribution in [3.63, 3.8) is 0 Å². The van der Waals surface area contributed by atoms with E-state index in [2.05, 4.69) is 10.6 Å². The maximum absolute atomic E-state index is 12.6. The van der Waals surface area contributed by atoms with E-state index in [0.717, 1.165) is 22.3 Å². The Morgan fingerprint density at radius 3 is 1.13 bits per heavy atom. The molecule has 4 aromatic carbocycles. The number of benzene rings is 4. The Kier molecular flexibility index (Phi) is 13.5. The van der Waals surface area contributed by atoms with Crippen molar-refractivity contribution in [2.45, 2.75) is 103 Å². The Labute approximate surface area is 318 Å². The number of carbonyl (C=O) groups excluding carboxylic acids is 4. The van der Waals surface area contributed by atoms with Gasteiger partial charge in [0, 0.05) is 37.8 Å². The molecule has 6 rings (SSSR count). The predicted molar refractivity (Wildman–Crippen MR) is 208 cm³/mol. The van der Waals surface area contributed by atoms with E-state index in [0.29, 0.717) is 38.5 Å². The Balaban J connectivity index is 0.000000208. The van der Waals surface area contributed by atoms with E-state index >= 15 is 0 Å². The van der Waals surface area contributed by atoms with Crippen LogP contribution in [0.15, 0.2) is 121 Å². The Morgan fingerprint density at radius 2 is 0.833 bits per heavy atom. The number of likely N-dealkylation sites (tertiary alicyclic amines) is 2. The molecule has 4 amide bonds. The molecule has 4 aromatic rings. The lowest BCUT2D eigenvalue weighted by Gasteiger charge is -2.41. The highest BCUT2D eigenvalue weighted by Crippen LogP contribution is 2.35. The summed E-state index contributed by atoms with van der Waals surface area (Å²) in [5.74, 6) is 0.119. The zero-order chi connectivity index (χ0) is 38.6. The van der Waals surface area contributed by atoms with Crippen LogP contribution in [0.4, 0.5) is 9.59 Å². The minimum Gasteiger partial charge on any atom is -0.445 e. The maximum Gasteiger partial charge on any atom is 0.409 e. The molecule has 2 aliphatic heterocycles. The third kappa shape index (κ3) is 10.3. The van der Waals surface area contributed by atoms with Gasteiger partial charge < -0.3 is 19.3 Å². The summed E-state index contributed by atoms with van der Waals surface area (Å²) in [6.07, 6.45) is 2.08. The van der Waals surface area contributed by atoms with Crippen molar-refractivity contribution in [3.05, 3.63) is 144 Å². The molecule has 2 aliphatic rings. The summed E-state index contributed by atoms with van der Waals surface area (Å²) in [7, 11) is 0. The lowest BCUT2D eigenvalue weighted by molar-refractivity contribution is -0.135. The lowest BCUT2D eigenvalue weighted by Crippen LogP contribution is -2.61. The predicted octanol–water partition coefficient (Wildman–Crippen LogP) is 7.77. The number of carbonyl (C=O) groups is 4. The van der Waals surface area contributed by atoms with Gasteiger partial charge in [0.2, 0.25) is 11.8 Å². The van der Waals surface area contributed by atoms with E-state index in [4.69, 9.17) is 9.47 Å². The normalized spacial score (nSPS) is 19.4. The summed E-state index contributed by atoms with van der Waals surface area (Å²) < 4.78 is 10.9. The number of amides is 4. The molecule has 2 saturated heterocycles. The SMILES string of the molecule is CC(C)N1C(=O)CC[C@@]1(Cc1ccccc1)NC(=O)OCc1ccccc1.CC(C)N1C(=O)CC[C@@]1(Cc1ccccc1)NC(=O)OCc1ccccc1. The zero-order valence-corrected chi connectivity index (χ0v) is 31.7. The Bertz CT molecular complexity index is 1690. The van der Waals surface area contributed by atoms with E-state index in [9.17, 15) is 19.2 Å². The van der Waals surface area contributed by atoms with Crippen molar-refractivity contribution in [3.8, 4) is 0 Å². The number of hydrogen-bond donors (Lipinski definition) is 2. The van der Waals surface area contributed by atoms with Crippen molar-refractivity contribution in [2.24, 2.45) is 0 Å². The average molecular weight is 733 g/mol. The highest BCUT2D eigenvalue weighted by atomic mass is 16.6. The van der Waals surface area contributed by atoms with Crippen LogP contribution in [0.25, 0.3) is 0 Å². The van der Waals surface area contributed by atoms with Crippen molar-refractivity contribution in [2.75, 3.05) is 0 Å². The minimum atomic E-state index is -0.764. The maximum atomic E-state index is 12.6. The second-order valence-electron chi connectivity index (χ2n) is 14.5. The van der Waals surface area contributed by atoms with E-state index < -0.39 is 23.5 Å². The van der Waals surface area contributed by atoms with Gasteiger partial charge in [0.25, 0.3) is 0 Å². The van der Waals surface area contributed by atoms with E-state index in [1.54, 1.807) is 9.80 Å². The van der Waals surface area contributed by atoms with Crippen LogP contribution in [0.5, 0.6) is 0 Å². The first-order valence-electron chi connectivity index (χ1n) is 18.7. The Hall–Kier alpha value is -5.64. The number of hydrogen-bond acceptors (Lipinski definition) is 6. The van der Waals surface area contributed by atoms with Crippen LogP contribution in [0.2, 0.25) is 0 Å². The molecular weight excluding hydrogens is 681 g/mol. The van der Waals surface area contributed by atoms with Gasteiger partial charge in [0.1, 0.15) is 24.5 Å². The van der Waals surface area contributed by atoms with E-state index in [1.165, 1.54) is 0 Å². The highest BCUT2D eigenvalue weighted by molar-refractivity contribution is 5.82. The van der Waals surface area contributed by atoms with Gasteiger partial charge in [-0.1, -0.05) is 121 Å². The van der Waals surface area contributed by atoms with Crippen LogP contribution in [-0.2, 0) is 45.1 Å². The Morgan fingerprint density at radius 1 is 0.537 bits per heavy atom. The van der Waals surface area contributed by atoms with Gasteiger partial charge in [-0.2, -0.15) is 0 Å². The van der Waals surface area contributed by atoms with Crippen molar-refractivity contribution in [1.82, 2.24) is 20.4 Å². The summed E-state index contributed by atoms with van der Waals surface area (Å²) in [5, 5.41) is 6.03. The van der Waals surface area contributed by atoms with Gasteiger partial charge in [-0.05, 0) is 62.8 Å². The monoisotopic (exact) mass is 732 g/mol. The second-order valence-corrected chi connectivity index (χ2v) is 14.5. The first kappa shape index (κ1) is 39.6. The highest BCUT2D eigenvalue weighted by Gasteiger charge is 2.49. The molecule has 10 nitrogen and oxygen atoms in total. The molecule has 284 valence electrons. The van der Waals surface area contributed by atoms with Gasteiger partial charge in [0.15, 0.2) is 0 Å². The summed E-state index contributed by atoms with van der Waals surface area (Å²) in [5.41, 5.74) is 2.46. The van der Waals surface area contributed by atoms with Gasteiger partial charge >= 0.3 is 12.2 Å². The van der Waals surface area contributed by atoms with Crippen molar-refractivity contribution >= 4 is 24.0 Å². The van der Waals surface area contributed by atoms with Crippen molar-refractivity contribution < 1.29 is 28.7 Å². The molecule has 0 radical (unpaired) electrons. The molecule has 54 heavy (non-hydrogen) atoms. The second kappa shape index (κ2) is 18.4. The minimum absolute atomic E-state index is 0.0156. The van der Waals surface area contributed by atoms with Crippen molar-refractivity contribution in [1.29, 1.82) is 0 Å². The lowest BCUT2D eigenvalue weighted by atomic mass is 9.96. The molecule has 2 atom stereocenters. The van der Waals surface area contributed by atoms with Crippen LogP contribution in [-0.4, -0.2) is 57.2 Å². The third-order valence-electron chi connectivity index (χ3n) is 9.77. The first-order valence-corrected chi connectivity index (χ1v) is 18.7. The van der Waals surface area contributed by atoms with Crippen LogP contribution >= 0.6 is 0 Å². The van der Waals surface area contributed by atoms with Crippen LogP contribution < -0.4 is 10.6 Å². The number of alkyl carbamates (subject to hydrolysis) is 2. The first-order chi connectivity index (χ1) is 26.0. The molecule has 0 spiro atoms. The van der Waals surface area contributed by atoms with Gasteiger partial charge in [-0.3, -0.25) is 20.2 Å². The molecule has 2 heterocycles. The fourth-order valence-corrected chi connectivity index (χ4v) is 7.60. The summed E-state index contributed by atoms with van der Waals surface area (Å²) >= 11 is 0. The van der Waals surface area contributed by atoms with Gasteiger partial charge in [0.05, 0.1) is 0 Å². The fourth-order valence-electron chi connectivity index (χ4n) is 7.60. The summed E-state index contributed by atoms with van der Waals surface area (Å²) in [4.78, 5) is 53.8. The van der Waals surface area contributed by atoms with Crippen LogP contribution in [0.3, 0.4) is 0 Å². The van der Waals surface area contributed by atoms with Crippen LogP contribution in [0, 0.1) is 0 Å². The summed E-state index contributed by atoms with van der Waals surface area (Å²) in [6, 6.07) is 38.9. The molecule has 2 N–H and O–H groups in total. The molecule has 0 saturated carbocycles. The number of rotatable bonds is 12. The number of nitrogens with one attached hydrogen (secondary N) is 2.